The van der Waals surface area contributed by atoms with Gasteiger partial charge in [0.05, 0.1) is 5.56 Å². The van der Waals surface area contributed by atoms with Gasteiger partial charge in [-0.3, -0.25) is 19.6 Å². The number of carbonyl (C=O) groups excluding carboxylic acids is 1. The van der Waals surface area contributed by atoms with E-state index in [9.17, 15) is 9.59 Å². The SMILES string of the molecule is O=C(c1cc(=O)[nH]c2ccccc12)N(Cc1ccncc1)Cc1cccnc1. The number of carbonyl (C=O) groups is 1. The van der Waals surface area contributed by atoms with Crippen molar-refractivity contribution in [3.63, 3.8) is 0 Å². The quantitative estimate of drug-likeness (QED) is 0.585. The molecule has 0 aliphatic heterocycles. The molecule has 6 nitrogen and oxygen atoms in total. The van der Waals surface area contributed by atoms with E-state index in [4.69, 9.17) is 0 Å². The van der Waals surface area contributed by atoms with Crippen molar-refractivity contribution in [3.8, 4) is 0 Å². The summed E-state index contributed by atoms with van der Waals surface area (Å²) in [5.74, 6) is -0.206. The van der Waals surface area contributed by atoms with Crippen LogP contribution in [0.3, 0.4) is 0 Å². The molecule has 138 valence electrons. The average molecular weight is 370 g/mol. The van der Waals surface area contributed by atoms with Gasteiger partial charge in [0.1, 0.15) is 0 Å². The van der Waals surface area contributed by atoms with Crippen molar-refractivity contribution in [2.45, 2.75) is 13.1 Å². The van der Waals surface area contributed by atoms with E-state index >= 15 is 0 Å². The van der Waals surface area contributed by atoms with Crippen LogP contribution in [-0.4, -0.2) is 25.8 Å². The number of hydrogen-bond acceptors (Lipinski definition) is 4. The molecule has 0 saturated carbocycles. The number of pyridine rings is 3. The molecule has 0 radical (unpaired) electrons. The molecule has 0 fully saturated rings. The number of rotatable bonds is 5. The summed E-state index contributed by atoms with van der Waals surface area (Å²) in [6, 6.07) is 16.2. The second-order valence-corrected chi connectivity index (χ2v) is 6.47. The van der Waals surface area contributed by atoms with Crippen LogP contribution in [0.4, 0.5) is 0 Å². The Kier molecular flexibility index (Phi) is 4.93. The van der Waals surface area contributed by atoms with E-state index in [0.29, 0.717) is 24.2 Å². The predicted molar refractivity (Wildman–Crippen MR) is 107 cm³/mol. The molecule has 1 N–H and O–H groups in total. The van der Waals surface area contributed by atoms with Crippen LogP contribution in [0.5, 0.6) is 0 Å². The fourth-order valence-corrected chi connectivity index (χ4v) is 3.17. The minimum absolute atomic E-state index is 0.206. The maximum atomic E-state index is 13.5. The number of H-pyrrole nitrogens is 1. The van der Waals surface area contributed by atoms with Gasteiger partial charge in [-0.15, -0.1) is 0 Å². The van der Waals surface area contributed by atoms with Gasteiger partial charge >= 0.3 is 0 Å². The third kappa shape index (κ3) is 3.81. The van der Waals surface area contributed by atoms with E-state index in [1.165, 1.54) is 6.07 Å². The lowest BCUT2D eigenvalue weighted by atomic mass is 10.1. The van der Waals surface area contributed by atoms with E-state index < -0.39 is 0 Å². The number of aromatic nitrogens is 3. The van der Waals surface area contributed by atoms with Crippen molar-refractivity contribution in [1.29, 1.82) is 0 Å². The molecule has 3 aromatic heterocycles. The van der Waals surface area contributed by atoms with Crippen LogP contribution in [0.15, 0.2) is 84.2 Å². The number of amides is 1. The van der Waals surface area contributed by atoms with Crippen molar-refractivity contribution < 1.29 is 4.79 Å². The second-order valence-electron chi connectivity index (χ2n) is 6.47. The Balaban J connectivity index is 1.75. The Hall–Kier alpha value is -3.80. The monoisotopic (exact) mass is 370 g/mol. The van der Waals surface area contributed by atoms with E-state index in [1.807, 2.05) is 42.5 Å². The summed E-state index contributed by atoms with van der Waals surface area (Å²) in [6.07, 6.45) is 6.83. The van der Waals surface area contributed by atoms with Gasteiger partial charge in [-0.2, -0.15) is 0 Å². The molecule has 3 heterocycles. The summed E-state index contributed by atoms with van der Waals surface area (Å²) in [5.41, 5.74) is 2.61. The summed E-state index contributed by atoms with van der Waals surface area (Å²) < 4.78 is 0. The highest BCUT2D eigenvalue weighted by molar-refractivity contribution is 6.05. The molecule has 1 aromatic carbocycles. The number of aromatic amines is 1. The topological polar surface area (TPSA) is 79.0 Å². The van der Waals surface area contributed by atoms with Crippen molar-refractivity contribution in [2.75, 3.05) is 0 Å². The third-order valence-electron chi connectivity index (χ3n) is 4.49. The predicted octanol–water partition coefficient (Wildman–Crippen LogP) is 3.16. The first-order valence-electron chi connectivity index (χ1n) is 8.90. The maximum absolute atomic E-state index is 13.5. The first-order valence-corrected chi connectivity index (χ1v) is 8.90. The van der Waals surface area contributed by atoms with Crippen LogP contribution < -0.4 is 5.56 Å². The van der Waals surface area contributed by atoms with Crippen molar-refractivity contribution in [3.05, 3.63) is 106 Å². The molecular formula is C22H18N4O2. The Bertz CT molecular complexity index is 1120. The average Bonchev–Trinajstić information content (AvgIpc) is 2.73. The first-order chi connectivity index (χ1) is 13.7. The lowest BCUT2D eigenvalue weighted by Crippen LogP contribution is -2.31. The summed E-state index contributed by atoms with van der Waals surface area (Å²) >= 11 is 0. The lowest BCUT2D eigenvalue weighted by molar-refractivity contribution is 0.0731. The lowest BCUT2D eigenvalue weighted by Gasteiger charge is -2.23. The minimum Gasteiger partial charge on any atom is -0.330 e. The molecule has 6 heteroatoms. The van der Waals surface area contributed by atoms with Gasteiger partial charge < -0.3 is 9.88 Å². The zero-order valence-electron chi connectivity index (χ0n) is 15.1. The summed E-state index contributed by atoms with van der Waals surface area (Å²) in [5, 5.41) is 0.720. The Morgan fingerprint density at radius 2 is 1.68 bits per heavy atom. The third-order valence-corrected chi connectivity index (χ3v) is 4.49. The Morgan fingerprint density at radius 3 is 2.46 bits per heavy atom. The number of nitrogens with zero attached hydrogens (tertiary/aromatic N) is 3. The molecule has 0 saturated heterocycles. The maximum Gasteiger partial charge on any atom is 0.255 e. The van der Waals surface area contributed by atoms with Gasteiger partial charge in [0, 0.05) is 54.8 Å². The van der Waals surface area contributed by atoms with Crippen LogP contribution in [0, 0.1) is 0 Å². The highest BCUT2D eigenvalue weighted by atomic mass is 16.2. The summed E-state index contributed by atoms with van der Waals surface area (Å²) in [6.45, 7) is 0.785. The van der Waals surface area contributed by atoms with Gasteiger partial charge in [0.15, 0.2) is 0 Å². The number of benzene rings is 1. The van der Waals surface area contributed by atoms with E-state index in [2.05, 4.69) is 15.0 Å². The van der Waals surface area contributed by atoms with Crippen LogP contribution >= 0.6 is 0 Å². The highest BCUT2D eigenvalue weighted by Crippen LogP contribution is 2.19. The van der Waals surface area contributed by atoms with Crippen LogP contribution in [0.1, 0.15) is 21.5 Å². The molecule has 4 rings (SSSR count). The molecule has 4 aromatic rings. The standard InChI is InChI=1S/C22H18N4O2/c27-21-12-19(18-5-1-2-6-20(18)25-21)22(28)26(14-16-7-10-23-11-8-16)15-17-4-3-9-24-13-17/h1-13H,14-15H2,(H,25,27). The van der Waals surface area contributed by atoms with Gasteiger partial charge in [-0.05, 0) is 35.4 Å². The fraction of sp³-hybridized carbons (Fsp3) is 0.0909. The van der Waals surface area contributed by atoms with Gasteiger partial charge in [0.2, 0.25) is 5.56 Å². The molecule has 0 spiro atoms. The number of hydrogen-bond donors (Lipinski definition) is 1. The van der Waals surface area contributed by atoms with Crippen molar-refractivity contribution >= 4 is 16.8 Å². The minimum atomic E-state index is -0.299. The molecule has 28 heavy (non-hydrogen) atoms. The zero-order valence-corrected chi connectivity index (χ0v) is 15.1. The Labute approximate surface area is 161 Å². The first kappa shape index (κ1) is 17.6. The molecule has 0 unspecified atom stereocenters. The molecule has 0 atom stereocenters. The molecular weight excluding hydrogens is 352 g/mol. The summed E-state index contributed by atoms with van der Waals surface area (Å²) in [7, 11) is 0. The molecule has 0 bridgehead atoms. The smallest absolute Gasteiger partial charge is 0.255 e. The van der Waals surface area contributed by atoms with Crippen LogP contribution in [-0.2, 0) is 13.1 Å². The number of nitrogens with one attached hydrogen (secondary N) is 1. The van der Waals surface area contributed by atoms with Gasteiger partial charge in [-0.1, -0.05) is 24.3 Å². The van der Waals surface area contributed by atoms with Crippen molar-refractivity contribution in [1.82, 2.24) is 19.9 Å². The van der Waals surface area contributed by atoms with Crippen LogP contribution in [0.2, 0.25) is 0 Å². The highest BCUT2D eigenvalue weighted by Gasteiger charge is 2.20. The largest absolute Gasteiger partial charge is 0.330 e. The van der Waals surface area contributed by atoms with Crippen molar-refractivity contribution in [2.24, 2.45) is 0 Å². The summed E-state index contributed by atoms with van der Waals surface area (Å²) in [4.78, 5) is 38.2. The van der Waals surface area contributed by atoms with Crippen LogP contribution in [0.25, 0.3) is 10.9 Å². The normalized spacial score (nSPS) is 10.7. The van der Waals surface area contributed by atoms with E-state index in [-0.39, 0.29) is 11.5 Å². The molecule has 0 aliphatic carbocycles. The zero-order chi connectivity index (χ0) is 19.3. The van der Waals surface area contributed by atoms with Gasteiger partial charge in [-0.25, -0.2) is 0 Å². The number of para-hydroxylation sites is 1. The molecule has 1 amide bonds. The van der Waals surface area contributed by atoms with E-state index in [1.54, 1.807) is 35.8 Å². The Morgan fingerprint density at radius 1 is 0.893 bits per heavy atom. The molecule has 0 aliphatic rings. The number of fused-ring (bicyclic) bond motifs is 1. The second kappa shape index (κ2) is 7.84. The van der Waals surface area contributed by atoms with E-state index in [0.717, 1.165) is 16.5 Å². The fourth-order valence-electron chi connectivity index (χ4n) is 3.17. The van der Waals surface area contributed by atoms with Gasteiger partial charge in [0.25, 0.3) is 5.91 Å².